The molecule has 9 heteroatoms. The van der Waals surface area contributed by atoms with Crippen molar-refractivity contribution in [3.05, 3.63) is 48.3 Å². The van der Waals surface area contributed by atoms with Crippen LogP contribution in [0.25, 0.3) is 0 Å². The molecule has 0 radical (unpaired) electrons. The number of rotatable bonds is 5. The summed E-state index contributed by atoms with van der Waals surface area (Å²) >= 11 is 0. The topological polar surface area (TPSA) is 92.7 Å². The third-order valence-corrected chi connectivity index (χ3v) is 7.26. The van der Waals surface area contributed by atoms with Crippen molar-refractivity contribution in [3.8, 4) is 6.01 Å². The van der Waals surface area contributed by atoms with Crippen LogP contribution in [0.2, 0.25) is 0 Å². The molecule has 2 aromatic rings. The van der Waals surface area contributed by atoms with E-state index in [4.69, 9.17) is 4.74 Å². The molecule has 0 spiro atoms. The minimum atomic E-state index is -3.46. The first kappa shape index (κ1) is 19.8. The van der Waals surface area contributed by atoms with E-state index in [2.05, 4.69) is 9.97 Å². The Labute approximate surface area is 170 Å². The van der Waals surface area contributed by atoms with E-state index in [0.717, 1.165) is 12.8 Å². The van der Waals surface area contributed by atoms with Crippen molar-refractivity contribution in [1.82, 2.24) is 19.2 Å². The molecule has 2 aliphatic heterocycles. The van der Waals surface area contributed by atoms with E-state index in [9.17, 15) is 13.2 Å². The average molecular weight is 417 g/mol. The first-order valence-corrected chi connectivity index (χ1v) is 11.3. The van der Waals surface area contributed by atoms with Gasteiger partial charge in [-0.05, 0) is 43.2 Å². The van der Waals surface area contributed by atoms with Crippen molar-refractivity contribution in [1.29, 1.82) is 0 Å². The lowest BCUT2D eigenvalue weighted by Gasteiger charge is -2.31. The highest BCUT2D eigenvalue weighted by Gasteiger charge is 2.28. The van der Waals surface area contributed by atoms with Gasteiger partial charge in [-0.25, -0.2) is 18.4 Å². The van der Waals surface area contributed by atoms with Crippen LogP contribution in [-0.2, 0) is 10.0 Å². The van der Waals surface area contributed by atoms with Crippen LogP contribution in [0.5, 0.6) is 6.01 Å². The first-order chi connectivity index (χ1) is 14.0. The predicted molar refractivity (Wildman–Crippen MR) is 106 cm³/mol. The van der Waals surface area contributed by atoms with Crippen LogP contribution in [0.1, 0.15) is 36.0 Å². The molecular formula is C20H24N4O4S. The molecule has 154 valence electrons. The minimum absolute atomic E-state index is 0.0190. The van der Waals surface area contributed by atoms with Gasteiger partial charge in [-0.2, -0.15) is 4.31 Å². The molecule has 0 saturated carbocycles. The van der Waals surface area contributed by atoms with Gasteiger partial charge in [-0.3, -0.25) is 4.79 Å². The maximum Gasteiger partial charge on any atom is 0.316 e. The number of ether oxygens (including phenoxy) is 1. The molecule has 0 aliphatic carbocycles. The van der Waals surface area contributed by atoms with Crippen molar-refractivity contribution in [2.45, 2.75) is 36.7 Å². The van der Waals surface area contributed by atoms with Gasteiger partial charge >= 0.3 is 6.01 Å². The Balaban J connectivity index is 1.35. The molecule has 2 aliphatic rings. The lowest BCUT2D eigenvalue weighted by atomic mass is 10.1. The van der Waals surface area contributed by atoms with E-state index in [1.165, 1.54) is 16.4 Å². The summed E-state index contributed by atoms with van der Waals surface area (Å²) in [5.74, 6) is -0.0930. The fourth-order valence-electron chi connectivity index (χ4n) is 3.70. The summed E-state index contributed by atoms with van der Waals surface area (Å²) in [4.78, 5) is 22.9. The number of benzene rings is 1. The van der Waals surface area contributed by atoms with Gasteiger partial charge in [-0.1, -0.05) is 0 Å². The van der Waals surface area contributed by atoms with Gasteiger partial charge in [0.05, 0.1) is 4.90 Å². The lowest BCUT2D eigenvalue weighted by Crippen LogP contribution is -2.42. The van der Waals surface area contributed by atoms with E-state index < -0.39 is 10.0 Å². The standard InChI is InChI=1S/C20H24N4O4S/c25-19(23-14-8-17(9-15-23)28-20-21-10-3-11-22-20)16-4-6-18(7-5-16)29(26,27)24-12-1-2-13-24/h3-7,10-11,17H,1-2,8-9,12-15H2. The number of nitrogens with zero attached hydrogens (tertiary/aromatic N) is 4. The van der Waals surface area contributed by atoms with Gasteiger partial charge in [0.25, 0.3) is 5.91 Å². The molecule has 0 bridgehead atoms. The summed E-state index contributed by atoms with van der Waals surface area (Å²) in [7, 11) is -3.46. The fourth-order valence-corrected chi connectivity index (χ4v) is 5.22. The molecule has 4 rings (SSSR count). The second-order valence-electron chi connectivity index (χ2n) is 7.28. The smallest absolute Gasteiger partial charge is 0.316 e. The zero-order chi connectivity index (χ0) is 20.3. The molecule has 3 heterocycles. The fraction of sp³-hybridized carbons (Fsp3) is 0.450. The highest BCUT2D eigenvalue weighted by molar-refractivity contribution is 7.89. The Kier molecular flexibility index (Phi) is 5.77. The lowest BCUT2D eigenvalue weighted by molar-refractivity contribution is 0.0578. The zero-order valence-electron chi connectivity index (χ0n) is 16.1. The molecule has 0 unspecified atom stereocenters. The Hall–Kier alpha value is -2.52. The maximum atomic E-state index is 12.8. The van der Waals surface area contributed by atoms with E-state index in [-0.39, 0.29) is 16.9 Å². The van der Waals surface area contributed by atoms with Crippen LogP contribution >= 0.6 is 0 Å². The van der Waals surface area contributed by atoms with Crippen LogP contribution < -0.4 is 4.74 Å². The maximum absolute atomic E-state index is 12.8. The van der Waals surface area contributed by atoms with Gasteiger partial charge in [0, 0.05) is 57.0 Å². The van der Waals surface area contributed by atoms with E-state index in [1.54, 1.807) is 35.5 Å². The van der Waals surface area contributed by atoms with Crippen molar-refractivity contribution in [3.63, 3.8) is 0 Å². The Morgan fingerprint density at radius 2 is 1.59 bits per heavy atom. The number of carbonyl (C=O) groups excluding carboxylic acids is 1. The molecule has 2 fully saturated rings. The summed E-state index contributed by atoms with van der Waals surface area (Å²) in [6.45, 7) is 2.27. The molecule has 8 nitrogen and oxygen atoms in total. The van der Waals surface area contributed by atoms with Crippen molar-refractivity contribution < 1.29 is 17.9 Å². The molecule has 1 amide bonds. The molecule has 1 aromatic heterocycles. The van der Waals surface area contributed by atoms with Crippen LogP contribution in [0.3, 0.4) is 0 Å². The monoisotopic (exact) mass is 416 g/mol. The second-order valence-corrected chi connectivity index (χ2v) is 9.21. The third-order valence-electron chi connectivity index (χ3n) is 5.35. The van der Waals surface area contributed by atoms with Crippen molar-refractivity contribution in [2.75, 3.05) is 26.2 Å². The second kappa shape index (κ2) is 8.46. The Bertz CT molecular complexity index is 936. The number of aromatic nitrogens is 2. The van der Waals surface area contributed by atoms with Crippen molar-refractivity contribution in [2.24, 2.45) is 0 Å². The highest BCUT2D eigenvalue weighted by atomic mass is 32.2. The summed E-state index contributed by atoms with van der Waals surface area (Å²) in [6.07, 6.45) is 6.44. The molecule has 1 aromatic carbocycles. The van der Waals surface area contributed by atoms with Crippen LogP contribution in [-0.4, -0.2) is 65.8 Å². The van der Waals surface area contributed by atoms with Crippen LogP contribution in [0.4, 0.5) is 0 Å². The van der Waals surface area contributed by atoms with Crippen LogP contribution in [0.15, 0.2) is 47.6 Å². The minimum Gasteiger partial charge on any atom is -0.460 e. The predicted octanol–water partition coefficient (Wildman–Crippen LogP) is 1.94. The van der Waals surface area contributed by atoms with Crippen molar-refractivity contribution >= 4 is 15.9 Å². The van der Waals surface area contributed by atoms with Crippen LogP contribution in [0, 0.1) is 0 Å². The summed E-state index contributed by atoms with van der Waals surface area (Å²) in [5.41, 5.74) is 0.496. The molecule has 0 atom stereocenters. The molecular weight excluding hydrogens is 392 g/mol. The molecule has 0 N–H and O–H groups in total. The quantitative estimate of drug-likeness (QED) is 0.740. The van der Waals surface area contributed by atoms with E-state index >= 15 is 0 Å². The van der Waals surface area contributed by atoms with Gasteiger partial charge in [0.15, 0.2) is 0 Å². The van der Waals surface area contributed by atoms with Gasteiger partial charge in [0.2, 0.25) is 10.0 Å². The Morgan fingerprint density at radius 3 is 2.21 bits per heavy atom. The van der Waals surface area contributed by atoms with E-state index in [1.807, 2.05) is 0 Å². The Morgan fingerprint density at radius 1 is 0.966 bits per heavy atom. The van der Waals surface area contributed by atoms with Gasteiger partial charge in [-0.15, -0.1) is 0 Å². The number of carbonyl (C=O) groups is 1. The van der Waals surface area contributed by atoms with Gasteiger partial charge in [0.1, 0.15) is 6.10 Å². The number of sulfonamides is 1. The summed E-state index contributed by atoms with van der Waals surface area (Å²) in [5, 5.41) is 0. The summed E-state index contributed by atoms with van der Waals surface area (Å²) in [6, 6.07) is 8.35. The first-order valence-electron chi connectivity index (χ1n) is 9.87. The number of amides is 1. The van der Waals surface area contributed by atoms with Gasteiger partial charge < -0.3 is 9.64 Å². The number of hydrogen-bond acceptors (Lipinski definition) is 6. The van der Waals surface area contributed by atoms with E-state index in [0.29, 0.717) is 50.6 Å². The zero-order valence-corrected chi connectivity index (χ0v) is 16.9. The number of hydrogen-bond donors (Lipinski definition) is 0. The average Bonchev–Trinajstić information content (AvgIpc) is 3.31. The largest absolute Gasteiger partial charge is 0.460 e. The summed E-state index contributed by atoms with van der Waals surface area (Å²) < 4.78 is 32.5. The third kappa shape index (κ3) is 4.40. The number of piperidine rings is 1. The molecule has 29 heavy (non-hydrogen) atoms. The molecule has 2 saturated heterocycles. The highest BCUT2D eigenvalue weighted by Crippen LogP contribution is 2.22. The SMILES string of the molecule is O=C(c1ccc(S(=O)(=O)N2CCCC2)cc1)N1CCC(Oc2ncccn2)CC1. The number of likely N-dealkylation sites (tertiary alicyclic amines) is 1. The normalized spacial score (nSPS) is 18.7.